The monoisotopic (exact) mass is 295 g/mol. The minimum atomic E-state index is -0.705. The highest BCUT2D eigenvalue weighted by atomic mass is 32.1. The van der Waals surface area contributed by atoms with E-state index in [0.717, 1.165) is 36.5 Å². The lowest BCUT2D eigenvalue weighted by Gasteiger charge is -2.13. The molecule has 0 saturated carbocycles. The van der Waals surface area contributed by atoms with Gasteiger partial charge in [-0.05, 0) is 19.8 Å². The van der Waals surface area contributed by atoms with Crippen LogP contribution in [0.15, 0.2) is 17.8 Å². The molecule has 0 aliphatic carbocycles. The lowest BCUT2D eigenvalue weighted by molar-refractivity contribution is -0.141. The molecule has 0 spiro atoms. The Bertz CT molecular complexity index is 535. The first kappa shape index (κ1) is 15.0. The van der Waals surface area contributed by atoms with Crippen LogP contribution >= 0.6 is 11.3 Å². The normalized spacial score (nSPS) is 14.5. The second-order valence-electron chi connectivity index (χ2n) is 5.28. The van der Waals surface area contributed by atoms with E-state index < -0.39 is 5.97 Å². The zero-order chi connectivity index (χ0) is 14.5. The highest BCUT2D eigenvalue weighted by Gasteiger charge is 2.11. The van der Waals surface area contributed by atoms with Crippen molar-refractivity contribution in [1.82, 2.24) is 14.7 Å². The van der Waals surface area contributed by atoms with Crippen molar-refractivity contribution in [3.05, 3.63) is 23.5 Å². The topological polar surface area (TPSA) is 66.6 Å². The Morgan fingerprint density at radius 2 is 2.30 bits per heavy atom. The Hall–Kier alpha value is -1.40. The van der Waals surface area contributed by atoms with Crippen LogP contribution in [0.3, 0.4) is 0 Å². The molecule has 6 heteroatoms. The van der Waals surface area contributed by atoms with Crippen molar-refractivity contribution in [1.29, 1.82) is 0 Å². The first-order valence-corrected chi connectivity index (χ1v) is 7.81. The summed E-state index contributed by atoms with van der Waals surface area (Å²) in [6, 6.07) is 0.371. The molecular formula is C14H21N3O2S. The van der Waals surface area contributed by atoms with Crippen molar-refractivity contribution in [3.63, 3.8) is 0 Å². The predicted octanol–water partition coefficient (Wildman–Crippen LogP) is 2.76. The molecule has 2 unspecified atom stereocenters. The number of carboxylic acids is 1. The highest BCUT2D eigenvalue weighted by Crippen LogP contribution is 2.12. The first-order chi connectivity index (χ1) is 9.56. The molecule has 0 aromatic carbocycles. The number of carbonyl (C=O) groups is 1. The van der Waals surface area contributed by atoms with Crippen molar-refractivity contribution >= 4 is 22.3 Å². The largest absolute Gasteiger partial charge is 0.481 e. The number of carboxylic acid groups (broad SMARTS) is 1. The molecule has 2 N–H and O–H groups in total. The lowest BCUT2D eigenvalue weighted by atomic mass is 10.0. The summed E-state index contributed by atoms with van der Waals surface area (Å²) in [5.74, 6) is -0.953. The number of nitrogens with zero attached hydrogens (tertiary/aromatic N) is 2. The number of thiazole rings is 1. The van der Waals surface area contributed by atoms with Crippen molar-refractivity contribution in [2.24, 2.45) is 5.92 Å². The predicted molar refractivity (Wildman–Crippen MR) is 80.0 cm³/mol. The van der Waals surface area contributed by atoms with E-state index in [-0.39, 0.29) is 5.92 Å². The Labute approximate surface area is 122 Å². The summed E-state index contributed by atoms with van der Waals surface area (Å²) in [5, 5.41) is 14.3. The van der Waals surface area contributed by atoms with Gasteiger partial charge in [-0.2, -0.15) is 0 Å². The van der Waals surface area contributed by atoms with Gasteiger partial charge in [0.2, 0.25) is 0 Å². The average Bonchev–Trinajstić information content (AvgIpc) is 2.96. The fourth-order valence-corrected chi connectivity index (χ4v) is 2.81. The molecule has 2 rings (SSSR count). The van der Waals surface area contributed by atoms with Crippen molar-refractivity contribution in [2.75, 3.05) is 0 Å². The van der Waals surface area contributed by atoms with E-state index in [9.17, 15) is 4.79 Å². The molecular weight excluding hydrogens is 274 g/mol. The Morgan fingerprint density at radius 1 is 1.50 bits per heavy atom. The van der Waals surface area contributed by atoms with Gasteiger partial charge in [-0.25, -0.2) is 4.98 Å². The number of fused-ring (bicyclic) bond motifs is 1. The van der Waals surface area contributed by atoms with Gasteiger partial charge < -0.3 is 10.4 Å². The second kappa shape index (κ2) is 6.85. The summed E-state index contributed by atoms with van der Waals surface area (Å²) in [5.41, 5.74) is 1.04. The fraction of sp³-hybridized carbons (Fsp3) is 0.571. The average molecular weight is 295 g/mol. The van der Waals surface area contributed by atoms with Gasteiger partial charge in [-0.15, -0.1) is 11.3 Å². The van der Waals surface area contributed by atoms with Crippen LogP contribution in [0.5, 0.6) is 0 Å². The maximum Gasteiger partial charge on any atom is 0.306 e. The number of aliphatic carboxylic acids is 1. The number of hydrogen-bond donors (Lipinski definition) is 2. The molecule has 0 bridgehead atoms. The van der Waals surface area contributed by atoms with Crippen LogP contribution in [-0.2, 0) is 11.3 Å². The van der Waals surface area contributed by atoms with Crippen LogP contribution in [-0.4, -0.2) is 26.5 Å². The molecule has 5 nitrogen and oxygen atoms in total. The zero-order valence-corrected chi connectivity index (χ0v) is 12.7. The van der Waals surface area contributed by atoms with Crippen LogP contribution in [0.25, 0.3) is 4.96 Å². The Balaban J connectivity index is 1.68. The molecule has 110 valence electrons. The minimum Gasteiger partial charge on any atom is -0.481 e. The molecule has 2 heterocycles. The molecule has 0 radical (unpaired) electrons. The standard InChI is InChI=1S/C14H21N3O2S/c1-10(13(18)19)4-3-5-11(2)15-8-12-9-17-6-7-20-14(17)16-12/h6-7,9-11,15H,3-5,8H2,1-2H3,(H,18,19). The number of rotatable bonds is 8. The highest BCUT2D eigenvalue weighted by molar-refractivity contribution is 7.15. The van der Waals surface area contributed by atoms with Gasteiger partial charge in [0.25, 0.3) is 0 Å². The molecule has 2 atom stereocenters. The lowest BCUT2D eigenvalue weighted by Crippen LogP contribution is -2.25. The van der Waals surface area contributed by atoms with Gasteiger partial charge in [-0.1, -0.05) is 13.3 Å². The fourth-order valence-electron chi connectivity index (χ4n) is 2.10. The van der Waals surface area contributed by atoms with E-state index in [2.05, 4.69) is 17.2 Å². The van der Waals surface area contributed by atoms with E-state index in [1.165, 1.54) is 0 Å². The van der Waals surface area contributed by atoms with Gasteiger partial charge in [0.15, 0.2) is 4.96 Å². The van der Waals surface area contributed by atoms with Crippen molar-refractivity contribution < 1.29 is 9.90 Å². The van der Waals surface area contributed by atoms with E-state index in [1.54, 1.807) is 18.3 Å². The smallest absolute Gasteiger partial charge is 0.306 e. The quantitative estimate of drug-likeness (QED) is 0.786. The third kappa shape index (κ3) is 4.05. The maximum atomic E-state index is 10.7. The van der Waals surface area contributed by atoms with Crippen LogP contribution in [0.2, 0.25) is 0 Å². The van der Waals surface area contributed by atoms with E-state index in [4.69, 9.17) is 5.11 Å². The van der Waals surface area contributed by atoms with E-state index >= 15 is 0 Å². The van der Waals surface area contributed by atoms with Gasteiger partial charge in [0, 0.05) is 30.4 Å². The molecule has 0 aliphatic rings. The summed E-state index contributed by atoms with van der Waals surface area (Å²) >= 11 is 1.63. The van der Waals surface area contributed by atoms with Crippen LogP contribution in [0.1, 0.15) is 38.8 Å². The van der Waals surface area contributed by atoms with Crippen molar-refractivity contribution in [3.8, 4) is 0 Å². The van der Waals surface area contributed by atoms with E-state index in [0.29, 0.717) is 6.04 Å². The number of nitrogens with one attached hydrogen (secondary N) is 1. The van der Waals surface area contributed by atoms with Gasteiger partial charge in [-0.3, -0.25) is 9.20 Å². The SMILES string of the molecule is CC(CCCC(C)C(=O)O)NCc1cn2ccsc2n1. The first-order valence-electron chi connectivity index (χ1n) is 6.93. The number of hydrogen-bond acceptors (Lipinski definition) is 4. The number of aromatic nitrogens is 2. The second-order valence-corrected chi connectivity index (χ2v) is 6.15. The Kier molecular flexibility index (Phi) is 5.14. The van der Waals surface area contributed by atoms with Gasteiger partial charge in [0.1, 0.15) is 0 Å². The maximum absolute atomic E-state index is 10.7. The summed E-state index contributed by atoms with van der Waals surface area (Å²) in [4.78, 5) is 16.3. The minimum absolute atomic E-state index is 0.248. The molecule has 0 aliphatic heterocycles. The number of imidazole rings is 1. The van der Waals surface area contributed by atoms with Gasteiger partial charge in [0.05, 0.1) is 11.6 Å². The molecule has 0 fully saturated rings. The van der Waals surface area contributed by atoms with Crippen LogP contribution in [0, 0.1) is 5.92 Å². The molecule has 2 aromatic rings. The molecule has 2 aromatic heterocycles. The summed E-state index contributed by atoms with van der Waals surface area (Å²) < 4.78 is 2.03. The molecule has 20 heavy (non-hydrogen) atoms. The van der Waals surface area contributed by atoms with Crippen molar-refractivity contribution in [2.45, 2.75) is 45.7 Å². The van der Waals surface area contributed by atoms with E-state index in [1.807, 2.05) is 22.2 Å². The summed E-state index contributed by atoms with van der Waals surface area (Å²) in [7, 11) is 0. The zero-order valence-electron chi connectivity index (χ0n) is 11.9. The molecule has 0 saturated heterocycles. The third-order valence-corrected chi connectivity index (χ3v) is 4.24. The summed E-state index contributed by atoms with van der Waals surface area (Å²) in [6.07, 6.45) is 6.70. The third-order valence-electron chi connectivity index (χ3n) is 3.47. The van der Waals surface area contributed by atoms with Crippen LogP contribution < -0.4 is 5.32 Å². The summed E-state index contributed by atoms with van der Waals surface area (Å²) in [6.45, 7) is 4.65. The molecule has 0 amide bonds. The van der Waals surface area contributed by atoms with Crippen LogP contribution in [0.4, 0.5) is 0 Å². The Morgan fingerprint density at radius 3 is 3.00 bits per heavy atom. The van der Waals surface area contributed by atoms with Gasteiger partial charge >= 0.3 is 5.97 Å².